The number of rotatable bonds is 5. The van der Waals surface area contributed by atoms with E-state index in [-0.39, 0.29) is 0 Å². The zero-order chi connectivity index (χ0) is 14.6. The second-order valence-electron chi connectivity index (χ2n) is 4.62. The van der Waals surface area contributed by atoms with Gasteiger partial charge in [0.15, 0.2) is 0 Å². The first-order chi connectivity index (χ1) is 9.54. The average Bonchev–Trinajstić information content (AvgIpc) is 2.48. The van der Waals surface area contributed by atoms with Crippen LogP contribution in [0.25, 0.3) is 0 Å². The highest BCUT2D eigenvalue weighted by Gasteiger charge is 2.35. The van der Waals surface area contributed by atoms with E-state index < -0.39 is 10.4 Å². The fourth-order valence-electron chi connectivity index (χ4n) is 1.95. The molecule has 0 aliphatic rings. The summed E-state index contributed by atoms with van der Waals surface area (Å²) in [5.74, 6) is 0. The van der Waals surface area contributed by atoms with Gasteiger partial charge in [0, 0.05) is 19.7 Å². The first-order valence-electron chi connectivity index (χ1n) is 6.35. The average molecular weight is 291 g/mol. The van der Waals surface area contributed by atoms with Crippen molar-refractivity contribution in [3.05, 3.63) is 65.7 Å². The lowest BCUT2D eigenvalue weighted by atomic mass is 10.2. The van der Waals surface area contributed by atoms with E-state index in [2.05, 4.69) is 0 Å². The lowest BCUT2D eigenvalue weighted by Gasteiger charge is -2.15. The SMILES string of the molecule is CN(Cc1ccccc1)[S+](=O)(O)c1cccc(CN)c1. The second kappa shape index (κ2) is 6.28. The second-order valence-corrected chi connectivity index (χ2v) is 6.71. The monoisotopic (exact) mass is 291 g/mol. The summed E-state index contributed by atoms with van der Waals surface area (Å²) in [5.41, 5.74) is 7.41. The molecule has 0 saturated carbocycles. The molecule has 2 aromatic rings. The number of hydrogen-bond donors (Lipinski definition) is 2. The van der Waals surface area contributed by atoms with Gasteiger partial charge in [0.1, 0.15) is 0 Å². The van der Waals surface area contributed by atoms with Crippen molar-refractivity contribution >= 4 is 10.4 Å². The molecule has 0 fully saturated rings. The van der Waals surface area contributed by atoms with Gasteiger partial charge >= 0.3 is 10.4 Å². The highest BCUT2D eigenvalue weighted by atomic mass is 32.3. The summed E-state index contributed by atoms with van der Waals surface area (Å²) in [6.07, 6.45) is 0. The molecule has 0 heterocycles. The summed E-state index contributed by atoms with van der Waals surface area (Å²) in [7, 11) is -1.60. The number of hydrogen-bond acceptors (Lipinski definition) is 2. The molecule has 0 aliphatic carbocycles. The van der Waals surface area contributed by atoms with Gasteiger partial charge in [-0.25, -0.2) is 0 Å². The van der Waals surface area contributed by atoms with E-state index in [0.29, 0.717) is 18.0 Å². The van der Waals surface area contributed by atoms with Gasteiger partial charge in [0.25, 0.3) is 0 Å². The third-order valence-corrected chi connectivity index (χ3v) is 4.95. The standard InChI is InChI=1S/C15H18N2O2S/c1-17(12-13-6-3-2-4-7-13)20(18,19)15-9-5-8-14(10-15)11-16/h2-10H,11-12,16H2,1H3/p+1. The normalized spacial score (nSPS) is 14.2. The van der Waals surface area contributed by atoms with Crippen LogP contribution in [-0.2, 0) is 27.7 Å². The Morgan fingerprint density at radius 3 is 2.40 bits per heavy atom. The van der Waals surface area contributed by atoms with E-state index in [4.69, 9.17) is 5.73 Å². The van der Waals surface area contributed by atoms with E-state index >= 15 is 0 Å². The van der Waals surface area contributed by atoms with Crippen molar-refractivity contribution in [2.45, 2.75) is 18.0 Å². The Morgan fingerprint density at radius 1 is 1.10 bits per heavy atom. The number of nitrogens with zero attached hydrogens (tertiary/aromatic N) is 1. The largest absolute Gasteiger partial charge is 0.326 e. The van der Waals surface area contributed by atoms with Crippen molar-refractivity contribution in [1.82, 2.24) is 4.31 Å². The molecule has 2 aromatic carbocycles. The van der Waals surface area contributed by atoms with Gasteiger partial charge in [0.2, 0.25) is 4.90 Å². The van der Waals surface area contributed by atoms with Crippen molar-refractivity contribution in [1.29, 1.82) is 0 Å². The molecular formula is C15H19N2O2S+. The fraction of sp³-hybridized carbons (Fsp3) is 0.200. The Balaban J connectivity index is 2.22. The molecule has 0 aromatic heterocycles. The van der Waals surface area contributed by atoms with Gasteiger partial charge in [0.05, 0.1) is 6.54 Å². The molecule has 5 heteroatoms. The van der Waals surface area contributed by atoms with Gasteiger partial charge in [-0.3, -0.25) is 0 Å². The zero-order valence-electron chi connectivity index (χ0n) is 11.4. The van der Waals surface area contributed by atoms with Crippen LogP contribution in [0.3, 0.4) is 0 Å². The maximum absolute atomic E-state index is 12.6. The van der Waals surface area contributed by atoms with Crippen LogP contribution in [0.5, 0.6) is 0 Å². The van der Waals surface area contributed by atoms with Crippen molar-refractivity contribution in [2.75, 3.05) is 7.05 Å². The van der Waals surface area contributed by atoms with Gasteiger partial charge in [-0.15, -0.1) is 0 Å². The fourth-order valence-corrected chi connectivity index (χ4v) is 3.19. The summed E-state index contributed by atoms with van der Waals surface area (Å²) >= 11 is 0. The molecule has 106 valence electrons. The van der Waals surface area contributed by atoms with Gasteiger partial charge in [-0.05, 0) is 21.4 Å². The molecule has 20 heavy (non-hydrogen) atoms. The predicted octanol–water partition coefficient (Wildman–Crippen LogP) is 2.52. The lowest BCUT2D eigenvalue weighted by molar-refractivity contribution is 0.399. The summed E-state index contributed by atoms with van der Waals surface area (Å²) in [4.78, 5) is 0.388. The van der Waals surface area contributed by atoms with Crippen LogP contribution >= 0.6 is 0 Å². The molecule has 3 N–H and O–H groups in total. The Kier molecular flexibility index (Phi) is 4.67. The van der Waals surface area contributed by atoms with Crippen LogP contribution < -0.4 is 5.73 Å². The maximum atomic E-state index is 12.6. The molecule has 0 aliphatic heterocycles. The van der Waals surface area contributed by atoms with Crippen LogP contribution in [0, 0.1) is 0 Å². The van der Waals surface area contributed by atoms with E-state index in [9.17, 15) is 8.76 Å². The molecule has 2 rings (SSSR count). The Labute approximate surface area is 120 Å². The van der Waals surface area contributed by atoms with Crippen molar-refractivity contribution in [3.8, 4) is 0 Å². The topological polar surface area (TPSA) is 66.6 Å². The lowest BCUT2D eigenvalue weighted by Crippen LogP contribution is -2.32. The van der Waals surface area contributed by atoms with Crippen LogP contribution in [-0.4, -0.2) is 15.9 Å². The number of nitrogens with two attached hydrogens (primary N) is 1. The summed E-state index contributed by atoms with van der Waals surface area (Å²) < 4.78 is 24.4. The zero-order valence-corrected chi connectivity index (χ0v) is 12.2. The summed E-state index contributed by atoms with van der Waals surface area (Å²) in [6, 6.07) is 16.6. The molecule has 0 bridgehead atoms. The molecule has 1 atom stereocenters. The van der Waals surface area contributed by atoms with Crippen LogP contribution in [0.1, 0.15) is 11.1 Å². The quantitative estimate of drug-likeness (QED) is 0.832. The highest BCUT2D eigenvalue weighted by Crippen LogP contribution is 2.22. The summed E-state index contributed by atoms with van der Waals surface area (Å²) in [5, 5.41) is 0. The van der Waals surface area contributed by atoms with Gasteiger partial charge in [-0.1, -0.05) is 46.8 Å². The van der Waals surface area contributed by atoms with E-state index in [1.807, 2.05) is 36.4 Å². The van der Waals surface area contributed by atoms with E-state index in [1.54, 1.807) is 25.2 Å². The molecule has 0 amide bonds. The van der Waals surface area contributed by atoms with Crippen LogP contribution in [0.2, 0.25) is 0 Å². The predicted molar refractivity (Wildman–Crippen MR) is 81.2 cm³/mol. The van der Waals surface area contributed by atoms with E-state index in [1.165, 1.54) is 4.31 Å². The van der Waals surface area contributed by atoms with Crippen molar-refractivity contribution in [2.24, 2.45) is 5.73 Å². The molecular weight excluding hydrogens is 272 g/mol. The first kappa shape index (κ1) is 14.9. The molecule has 4 nitrogen and oxygen atoms in total. The third kappa shape index (κ3) is 3.32. The minimum absolute atomic E-state index is 0.353. The van der Waals surface area contributed by atoms with Crippen molar-refractivity contribution in [3.63, 3.8) is 0 Å². The maximum Gasteiger partial charge on any atom is 0.325 e. The van der Waals surface area contributed by atoms with Crippen LogP contribution in [0.15, 0.2) is 59.5 Å². The smallest absolute Gasteiger partial charge is 0.325 e. The first-order valence-corrected chi connectivity index (χ1v) is 7.82. The molecule has 0 spiro atoms. The minimum atomic E-state index is -3.24. The summed E-state index contributed by atoms with van der Waals surface area (Å²) in [6.45, 7) is 0.759. The molecule has 1 unspecified atom stereocenters. The Hall–Kier alpha value is -1.53. The third-order valence-electron chi connectivity index (χ3n) is 3.11. The van der Waals surface area contributed by atoms with E-state index in [0.717, 1.165) is 11.1 Å². The number of benzene rings is 2. The molecule has 0 radical (unpaired) electrons. The Morgan fingerprint density at radius 2 is 1.75 bits per heavy atom. The Bertz CT molecular complexity index is 616. The van der Waals surface area contributed by atoms with Crippen LogP contribution in [0.4, 0.5) is 0 Å². The molecule has 0 saturated heterocycles. The van der Waals surface area contributed by atoms with Gasteiger partial charge < -0.3 is 5.73 Å². The minimum Gasteiger partial charge on any atom is -0.326 e. The van der Waals surface area contributed by atoms with Crippen molar-refractivity contribution < 1.29 is 8.76 Å². The van der Waals surface area contributed by atoms with Gasteiger partial charge in [-0.2, -0.15) is 4.55 Å². The highest BCUT2D eigenvalue weighted by molar-refractivity contribution is 7.95.